The lowest BCUT2D eigenvalue weighted by molar-refractivity contribution is 0.381. The van der Waals surface area contributed by atoms with E-state index in [1.807, 2.05) is 30.3 Å². The van der Waals surface area contributed by atoms with E-state index in [0.29, 0.717) is 29.3 Å². The van der Waals surface area contributed by atoms with Crippen LogP contribution < -0.4 is 11.1 Å². The number of aliphatic imine (C=N–C) groups is 2. The SMILES string of the molecule is COC1=NC(c2cccc(C(C)C)c2)N=C(c2cc(CN)ccc2Cl)N1. The molecule has 0 spiro atoms. The number of rotatable bonds is 4. The molecule has 3 rings (SSSR count). The fraction of sp³-hybridized carbons (Fsp3) is 0.300. The Labute approximate surface area is 158 Å². The molecule has 0 amide bonds. The molecule has 0 saturated carbocycles. The maximum absolute atomic E-state index is 6.40. The molecule has 0 aromatic heterocycles. The molecule has 3 N–H and O–H groups in total. The van der Waals surface area contributed by atoms with Gasteiger partial charge in [-0.25, -0.2) is 9.98 Å². The molecule has 0 saturated heterocycles. The third-order valence-corrected chi connectivity index (χ3v) is 4.64. The molecular weight excluding hydrogens is 348 g/mol. The van der Waals surface area contributed by atoms with Crippen molar-refractivity contribution < 1.29 is 4.74 Å². The van der Waals surface area contributed by atoms with Gasteiger partial charge in [0.2, 0.25) is 0 Å². The van der Waals surface area contributed by atoms with Crippen LogP contribution >= 0.6 is 11.6 Å². The molecule has 0 aliphatic carbocycles. The third kappa shape index (κ3) is 3.89. The molecule has 26 heavy (non-hydrogen) atoms. The number of methoxy groups -OCH3 is 1. The lowest BCUT2D eigenvalue weighted by Gasteiger charge is -2.22. The highest BCUT2D eigenvalue weighted by Crippen LogP contribution is 2.27. The summed E-state index contributed by atoms with van der Waals surface area (Å²) in [7, 11) is 1.58. The smallest absolute Gasteiger partial charge is 0.292 e. The van der Waals surface area contributed by atoms with Crippen molar-refractivity contribution in [3.8, 4) is 0 Å². The van der Waals surface area contributed by atoms with E-state index in [9.17, 15) is 0 Å². The maximum atomic E-state index is 6.40. The Kier molecular flexibility index (Phi) is 5.59. The van der Waals surface area contributed by atoms with E-state index in [4.69, 9.17) is 27.1 Å². The van der Waals surface area contributed by atoms with Gasteiger partial charge < -0.3 is 10.5 Å². The Morgan fingerprint density at radius 3 is 2.69 bits per heavy atom. The predicted octanol–water partition coefficient (Wildman–Crippen LogP) is 3.97. The van der Waals surface area contributed by atoms with E-state index in [1.54, 1.807) is 7.11 Å². The summed E-state index contributed by atoms with van der Waals surface area (Å²) in [5.74, 6) is 1.05. The van der Waals surface area contributed by atoms with Crippen molar-refractivity contribution in [2.75, 3.05) is 7.11 Å². The van der Waals surface area contributed by atoms with Crippen LogP contribution in [0, 0.1) is 0 Å². The van der Waals surface area contributed by atoms with Crippen molar-refractivity contribution in [1.82, 2.24) is 5.32 Å². The van der Waals surface area contributed by atoms with Crippen LogP contribution in [0.3, 0.4) is 0 Å². The fourth-order valence-corrected chi connectivity index (χ4v) is 2.98. The van der Waals surface area contributed by atoms with Crippen LogP contribution in [0.2, 0.25) is 5.02 Å². The standard InChI is InChI=1S/C20H23ClN4O/c1-12(2)14-5-4-6-15(10-14)18-23-19(25-20(24-18)26-3)16-9-13(11-22)7-8-17(16)21/h4-10,12,18H,11,22H2,1-3H3,(H,23,24,25). The second-order valence-corrected chi connectivity index (χ2v) is 6.87. The van der Waals surface area contributed by atoms with Gasteiger partial charge in [-0.2, -0.15) is 0 Å². The van der Waals surface area contributed by atoms with E-state index in [1.165, 1.54) is 5.56 Å². The summed E-state index contributed by atoms with van der Waals surface area (Å²) in [4.78, 5) is 9.32. The van der Waals surface area contributed by atoms with Crippen molar-refractivity contribution in [1.29, 1.82) is 0 Å². The van der Waals surface area contributed by atoms with Crippen LogP contribution in [0.15, 0.2) is 52.4 Å². The van der Waals surface area contributed by atoms with Crippen molar-refractivity contribution in [2.24, 2.45) is 15.7 Å². The van der Waals surface area contributed by atoms with Crippen molar-refractivity contribution in [3.05, 3.63) is 69.7 Å². The van der Waals surface area contributed by atoms with Gasteiger partial charge >= 0.3 is 0 Å². The Morgan fingerprint density at radius 1 is 1.19 bits per heavy atom. The maximum Gasteiger partial charge on any atom is 0.292 e. The van der Waals surface area contributed by atoms with Gasteiger partial charge in [-0.05, 0) is 34.7 Å². The summed E-state index contributed by atoms with van der Waals surface area (Å²) in [5.41, 5.74) is 9.78. The molecule has 136 valence electrons. The molecule has 0 fully saturated rings. The van der Waals surface area contributed by atoms with Gasteiger partial charge in [0.15, 0.2) is 6.17 Å². The molecular formula is C20H23ClN4O. The van der Waals surface area contributed by atoms with Gasteiger partial charge in [-0.15, -0.1) is 0 Å². The number of ether oxygens (including phenoxy) is 1. The largest absolute Gasteiger partial charge is 0.468 e. The van der Waals surface area contributed by atoms with Gasteiger partial charge in [0.1, 0.15) is 5.84 Å². The first-order valence-corrected chi connectivity index (χ1v) is 8.95. The van der Waals surface area contributed by atoms with Crippen LogP contribution in [-0.2, 0) is 11.3 Å². The Morgan fingerprint density at radius 2 is 2.00 bits per heavy atom. The average molecular weight is 371 g/mol. The van der Waals surface area contributed by atoms with Gasteiger partial charge in [0.25, 0.3) is 6.02 Å². The Bertz CT molecular complexity index is 861. The minimum absolute atomic E-state index is 0.391. The first-order valence-electron chi connectivity index (χ1n) is 8.57. The van der Waals surface area contributed by atoms with E-state index < -0.39 is 6.17 Å². The van der Waals surface area contributed by atoms with E-state index in [0.717, 1.165) is 16.7 Å². The highest BCUT2D eigenvalue weighted by atomic mass is 35.5. The van der Waals surface area contributed by atoms with Crippen molar-refractivity contribution in [2.45, 2.75) is 32.5 Å². The molecule has 2 aromatic rings. The van der Waals surface area contributed by atoms with E-state index >= 15 is 0 Å². The third-order valence-electron chi connectivity index (χ3n) is 4.31. The summed E-state index contributed by atoms with van der Waals surface area (Å²) in [6, 6.07) is 14.4. The second-order valence-electron chi connectivity index (χ2n) is 6.46. The van der Waals surface area contributed by atoms with Crippen molar-refractivity contribution in [3.63, 3.8) is 0 Å². The number of benzene rings is 2. The number of nitrogens with zero attached hydrogens (tertiary/aromatic N) is 2. The minimum atomic E-state index is -0.391. The lowest BCUT2D eigenvalue weighted by Crippen LogP contribution is -2.36. The van der Waals surface area contributed by atoms with Gasteiger partial charge in [-0.1, -0.05) is 55.8 Å². The average Bonchev–Trinajstić information content (AvgIpc) is 2.68. The van der Waals surface area contributed by atoms with Gasteiger partial charge in [0, 0.05) is 12.1 Å². The molecule has 0 radical (unpaired) electrons. The van der Waals surface area contributed by atoms with Gasteiger partial charge in [-0.3, -0.25) is 5.32 Å². The second kappa shape index (κ2) is 7.89. The molecule has 1 aliphatic heterocycles. The van der Waals surface area contributed by atoms with E-state index in [-0.39, 0.29) is 0 Å². The highest BCUT2D eigenvalue weighted by molar-refractivity contribution is 6.34. The molecule has 6 heteroatoms. The summed E-state index contributed by atoms with van der Waals surface area (Å²) in [6.45, 7) is 4.76. The number of amidine groups is 2. The highest BCUT2D eigenvalue weighted by Gasteiger charge is 2.22. The molecule has 1 unspecified atom stereocenters. The summed E-state index contributed by atoms with van der Waals surface area (Å²) < 4.78 is 5.36. The monoisotopic (exact) mass is 370 g/mol. The first kappa shape index (κ1) is 18.4. The summed E-state index contributed by atoms with van der Waals surface area (Å²) in [6.07, 6.45) is -0.391. The molecule has 1 atom stereocenters. The lowest BCUT2D eigenvalue weighted by atomic mass is 10.00. The fourth-order valence-electron chi connectivity index (χ4n) is 2.78. The van der Waals surface area contributed by atoms with Crippen LogP contribution in [0.1, 0.15) is 48.2 Å². The van der Waals surface area contributed by atoms with Crippen LogP contribution in [0.25, 0.3) is 0 Å². The summed E-state index contributed by atoms with van der Waals surface area (Å²) in [5, 5.41) is 3.70. The van der Waals surface area contributed by atoms with Crippen LogP contribution in [-0.4, -0.2) is 19.0 Å². The van der Waals surface area contributed by atoms with E-state index in [2.05, 4.69) is 36.3 Å². The quantitative estimate of drug-likeness (QED) is 0.855. The molecule has 1 aliphatic rings. The van der Waals surface area contributed by atoms with Crippen LogP contribution in [0.5, 0.6) is 0 Å². The zero-order chi connectivity index (χ0) is 18.7. The number of halogens is 1. The van der Waals surface area contributed by atoms with Crippen molar-refractivity contribution >= 4 is 23.5 Å². The minimum Gasteiger partial charge on any atom is -0.468 e. The zero-order valence-corrected chi connectivity index (χ0v) is 15.9. The normalized spacial score (nSPS) is 16.8. The molecule has 5 nitrogen and oxygen atoms in total. The summed E-state index contributed by atoms with van der Waals surface area (Å²) >= 11 is 6.40. The molecule has 2 aromatic carbocycles. The molecule has 1 heterocycles. The molecule has 0 bridgehead atoms. The number of hydrogen-bond donors (Lipinski definition) is 2. The topological polar surface area (TPSA) is 72.0 Å². The Balaban J connectivity index is 2.04. The van der Waals surface area contributed by atoms with Gasteiger partial charge in [0.05, 0.1) is 12.1 Å². The predicted molar refractivity (Wildman–Crippen MR) is 107 cm³/mol. The number of nitrogens with one attached hydrogen (secondary N) is 1. The number of hydrogen-bond acceptors (Lipinski definition) is 5. The first-order chi connectivity index (χ1) is 12.5. The Hall–Kier alpha value is -2.37. The number of nitrogens with two attached hydrogens (primary N) is 1. The zero-order valence-electron chi connectivity index (χ0n) is 15.2. The van der Waals surface area contributed by atoms with Crippen LogP contribution in [0.4, 0.5) is 0 Å².